The van der Waals surface area contributed by atoms with Crippen molar-refractivity contribution >= 4 is 33.3 Å². The third-order valence-corrected chi connectivity index (χ3v) is 5.77. The summed E-state index contributed by atoms with van der Waals surface area (Å²) in [6.45, 7) is 3.65. The van der Waals surface area contributed by atoms with Crippen LogP contribution in [-0.2, 0) is 10.0 Å². The third kappa shape index (κ3) is 5.37. The number of rotatable bonds is 7. The van der Waals surface area contributed by atoms with Crippen molar-refractivity contribution in [2.45, 2.75) is 18.7 Å². The highest BCUT2D eigenvalue weighted by atomic mass is 32.2. The summed E-state index contributed by atoms with van der Waals surface area (Å²) in [5, 5.41) is 24.7. The van der Waals surface area contributed by atoms with Crippen LogP contribution in [0.15, 0.2) is 70.7 Å². The van der Waals surface area contributed by atoms with E-state index in [2.05, 4.69) is 15.2 Å². The van der Waals surface area contributed by atoms with Gasteiger partial charge in [0.25, 0.3) is 15.7 Å². The molecule has 10 heteroatoms. The number of nitro groups is 1. The minimum atomic E-state index is -4.17. The average Bonchev–Trinajstić information content (AvgIpc) is 2.70. The van der Waals surface area contributed by atoms with Crippen molar-refractivity contribution in [1.29, 1.82) is 0 Å². The first-order chi connectivity index (χ1) is 14.7. The first kappa shape index (κ1) is 21.8. The Labute approximate surface area is 179 Å². The fourth-order valence-electron chi connectivity index (χ4n) is 2.85. The van der Waals surface area contributed by atoms with Gasteiger partial charge in [-0.3, -0.25) is 20.3 Å². The van der Waals surface area contributed by atoms with Gasteiger partial charge in [0.2, 0.25) is 0 Å². The Bertz CT molecular complexity index is 1270. The van der Waals surface area contributed by atoms with Crippen LogP contribution in [0.5, 0.6) is 5.75 Å². The van der Waals surface area contributed by atoms with Gasteiger partial charge in [-0.25, -0.2) is 8.42 Å². The van der Waals surface area contributed by atoms with Crippen LogP contribution in [-0.4, -0.2) is 24.7 Å². The van der Waals surface area contributed by atoms with Gasteiger partial charge in [-0.1, -0.05) is 29.8 Å². The predicted molar refractivity (Wildman–Crippen MR) is 119 cm³/mol. The summed E-state index contributed by atoms with van der Waals surface area (Å²) in [4.78, 5) is 10.2. The van der Waals surface area contributed by atoms with E-state index in [1.165, 1.54) is 30.5 Å². The molecule has 3 N–H and O–H groups in total. The van der Waals surface area contributed by atoms with Crippen LogP contribution in [0, 0.1) is 24.0 Å². The van der Waals surface area contributed by atoms with Crippen molar-refractivity contribution in [1.82, 2.24) is 0 Å². The number of nitro benzene ring substituents is 1. The fraction of sp³-hybridized carbons (Fsp3) is 0.0952. The average molecular weight is 440 g/mol. The lowest BCUT2D eigenvalue weighted by molar-refractivity contribution is -0.385. The normalized spacial score (nSPS) is 11.4. The summed E-state index contributed by atoms with van der Waals surface area (Å²) in [6, 6.07) is 14.9. The molecule has 0 unspecified atom stereocenters. The number of phenolic OH excluding ortho intramolecular Hbond substituents is 1. The molecule has 0 aliphatic carbocycles. The molecule has 3 aromatic rings. The first-order valence-electron chi connectivity index (χ1n) is 9.12. The minimum absolute atomic E-state index is 0.0549. The molecule has 9 nitrogen and oxygen atoms in total. The Morgan fingerprint density at radius 2 is 1.77 bits per heavy atom. The van der Waals surface area contributed by atoms with Crippen LogP contribution in [0.4, 0.5) is 17.1 Å². The highest BCUT2D eigenvalue weighted by molar-refractivity contribution is 7.92. The molecule has 0 heterocycles. The van der Waals surface area contributed by atoms with Gasteiger partial charge in [-0.05, 0) is 49.2 Å². The van der Waals surface area contributed by atoms with Gasteiger partial charge in [0.05, 0.1) is 22.5 Å². The second-order valence-electron chi connectivity index (χ2n) is 6.83. The third-order valence-electron chi connectivity index (χ3n) is 4.36. The standard InChI is InChI=1S/C21H20N4O5S/c1-14-6-8-19(15(2)10-14)24-31(29,30)21-12-17(25(27)28)7-9-20(21)23-22-13-16-4-3-5-18(26)11-16/h3-13,23-24,26H,1-2H3/b22-13+. The molecule has 0 aromatic heterocycles. The van der Waals surface area contributed by atoms with Crippen LogP contribution >= 0.6 is 0 Å². The van der Waals surface area contributed by atoms with Gasteiger partial charge in [0.1, 0.15) is 10.6 Å². The number of phenols is 1. The summed E-state index contributed by atoms with van der Waals surface area (Å²) in [7, 11) is -4.17. The Hall–Kier alpha value is -3.92. The Kier molecular flexibility index (Phi) is 6.21. The number of nitrogens with zero attached hydrogens (tertiary/aromatic N) is 2. The van der Waals surface area contributed by atoms with Crippen LogP contribution in [0.3, 0.4) is 0 Å². The van der Waals surface area contributed by atoms with E-state index in [4.69, 9.17) is 0 Å². The number of hydrazone groups is 1. The smallest absolute Gasteiger partial charge is 0.270 e. The maximum Gasteiger partial charge on any atom is 0.270 e. The first-order valence-corrected chi connectivity index (χ1v) is 10.6. The van der Waals surface area contributed by atoms with Crippen LogP contribution < -0.4 is 10.1 Å². The van der Waals surface area contributed by atoms with Crippen molar-refractivity contribution in [3.8, 4) is 5.75 Å². The molecule has 0 saturated carbocycles. The van der Waals surface area contributed by atoms with Gasteiger partial charge >= 0.3 is 0 Å². The van der Waals surface area contributed by atoms with E-state index in [0.717, 1.165) is 11.6 Å². The van der Waals surface area contributed by atoms with Gasteiger partial charge in [-0.15, -0.1) is 0 Å². The van der Waals surface area contributed by atoms with Crippen molar-refractivity contribution < 1.29 is 18.4 Å². The highest BCUT2D eigenvalue weighted by Gasteiger charge is 2.23. The topological polar surface area (TPSA) is 134 Å². The van der Waals surface area contributed by atoms with Gasteiger partial charge < -0.3 is 5.11 Å². The SMILES string of the molecule is Cc1ccc(NS(=O)(=O)c2cc([N+](=O)[O-])ccc2N/N=C/c2cccc(O)c2)c(C)c1. The quantitative estimate of drug-likeness (QED) is 0.287. The van der Waals surface area contributed by atoms with Crippen molar-refractivity contribution in [2.75, 3.05) is 10.1 Å². The lowest BCUT2D eigenvalue weighted by Crippen LogP contribution is -2.16. The van der Waals surface area contributed by atoms with Gasteiger partial charge in [-0.2, -0.15) is 5.10 Å². The van der Waals surface area contributed by atoms with Crippen molar-refractivity contribution in [3.05, 3.63) is 87.5 Å². The number of aromatic hydroxyl groups is 1. The van der Waals surface area contributed by atoms with E-state index >= 15 is 0 Å². The zero-order valence-electron chi connectivity index (χ0n) is 16.7. The van der Waals surface area contributed by atoms with E-state index in [1.54, 1.807) is 31.2 Å². The summed E-state index contributed by atoms with van der Waals surface area (Å²) in [5.41, 5.74) is 4.92. The van der Waals surface area contributed by atoms with E-state index in [-0.39, 0.29) is 22.0 Å². The predicted octanol–water partition coefficient (Wildman–Crippen LogP) is 4.16. The maximum absolute atomic E-state index is 13.1. The molecular formula is C21H20N4O5S. The maximum atomic E-state index is 13.1. The zero-order chi connectivity index (χ0) is 22.6. The molecule has 0 fully saturated rings. The summed E-state index contributed by atoms with van der Waals surface area (Å²) in [5.74, 6) is 0.0558. The number of aryl methyl sites for hydroxylation is 2. The fourth-order valence-corrected chi connectivity index (χ4v) is 4.16. The van der Waals surface area contributed by atoms with Crippen LogP contribution in [0.25, 0.3) is 0 Å². The summed E-state index contributed by atoms with van der Waals surface area (Å²) in [6.07, 6.45) is 1.38. The van der Waals surface area contributed by atoms with Gasteiger partial charge in [0.15, 0.2) is 0 Å². The van der Waals surface area contributed by atoms with Gasteiger partial charge in [0, 0.05) is 12.1 Å². The molecule has 3 rings (SSSR count). The molecule has 0 saturated heterocycles. The number of hydrogen-bond acceptors (Lipinski definition) is 7. The Morgan fingerprint density at radius 1 is 1.03 bits per heavy atom. The van der Waals surface area contributed by atoms with E-state index in [9.17, 15) is 23.6 Å². The van der Waals surface area contributed by atoms with E-state index in [0.29, 0.717) is 16.8 Å². The van der Waals surface area contributed by atoms with Crippen LogP contribution in [0.2, 0.25) is 0 Å². The lowest BCUT2D eigenvalue weighted by atomic mass is 10.1. The number of non-ortho nitro benzene ring substituents is 1. The number of benzene rings is 3. The Balaban J connectivity index is 1.96. The second-order valence-corrected chi connectivity index (χ2v) is 8.48. The molecule has 0 aliphatic rings. The number of hydrogen-bond donors (Lipinski definition) is 3. The molecule has 31 heavy (non-hydrogen) atoms. The minimum Gasteiger partial charge on any atom is -0.508 e. The molecule has 0 atom stereocenters. The van der Waals surface area contributed by atoms with Crippen molar-refractivity contribution in [2.24, 2.45) is 5.10 Å². The zero-order valence-corrected chi connectivity index (χ0v) is 17.6. The summed E-state index contributed by atoms with van der Waals surface area (Å²) >= 11 is 0. The molecular weight excluding hydrogens is 420 g/mol. The molecule has 0 radical (unpaired) electrons. The van der Waals surface area contributed by atoms with Crippen molar-refractivity contribution in [3.63, 3.8) is 0 Å². The Morgan fingerprint density at radius 3 is 2.45 bits per heavy atom. The number of anilines is 2. The monoisotopic (exact) mass is 440 g/mol. The molecule has 0 bridgehead atoms. The van der Waals surface area contributed by atoms with Crippen LogP contribution in [0.1, 0.15) is 16.7 Å². The van der Waals surface area contributed by atoms with E-state index < -0.39 is 14.9 Å². The molecule has 0 spiro atoms. The molecule has 3 aromatic carbocycles. The second kappa shape index (κ2) is 8.84. The molecule has 0 aliphatic heterocycles. The van der Waals surface area contributed by atoms with E-state index in [1.807, 2.05) is 13.0 Å². The summed E-state index contributed by atoms with van der Waals surface area (Å²) < 4.78 is 28.6. The molecule has 0 amide bonds. The number of nitrogens with one attached hydrogen (secondary N) is 2. The lowest BCUT2D eigenvalue weighted by Gasteiger charge is -2.14. The largest absolute Gasteiger partial charge is 0.508 e. The number of sulfonamides is 1. The molecule has 160 valence electrons. The highest BCUT2D eigenvalue weighted by Crippen LogP contribution is 2.29.